The van der Waals surface area contributed by atoms with Crippen molar-refractivity contribution >= 4 is 76.5 Å². The first-order valence-electron chi connectivity index (χ1n) is 12.8. The lowest BCUT2D eigenvalue weighted by Crippen LogP contribution is -2.14. The van der Waals surface area contributed by atoms with Gasteiger partial charge in [0.25, 0.3) is 0 Å². The van der Waals surface area contributed by atoms with Crippen molar-refractivity contribution in [3.63, 3.8) is 0 Å². The van der Waals surface area contributed by atoms with E-state index in [-0.39, 0.29) is 5.78 Å². The summed E-state index contributed by atoms with van der Waals surface area (Å²) in [7, 11) is 0. The predicted octanol–water partition coefficient (Wildman–Crippen LogP) is 8.82. The van der Waals surface area contributed by atoms with E-state index in [1.165, 1.54) is 64.5 Å². The van der Waals surface area contributed by atoms with Crippen LogP contribution in [-0.2, 0) is 0 Å². The number of carbonyl (C=O) groups is 1. The maximum atomic E-state index is 11.9. The zero-order valence-corrected chi connectivity index (χ0v) is 20.2. The Kier molecular flexibility index (Phi) is 4.21. The van der Waals surface area contributed by atoms with Gasteiger partial charge in [-0.3, -0.25) is 4.79 Å². The van der Waals surface area contributed by atoms with Crippen LogP contribution in [0.15, 0.2) is 115 Å². The van der Waals surface area contributed by atoms with Crippen LogP contribution >= 0.6 is 0 Å². The summed E-state index contributed by atoms with van der Waals surface area (Å²) < 4.78 is 0. The third kappa shape index (κ3) is 2.89. The van der Waals surface area contributed by atoms with Gasteiger partial charge in [-0.25, -0.2) is 0 Å². The number of hydrogen-bond donors (Lipinski definition) is 0. The number of hydrogen-bond acceptors (Lipinski definition) is 1. The van der Waals surface area contributed by atoms with Gasteiger partial charge in [0, 0.05) is 17.4 Å². The SMILES string of the molecule is O=C1CC=c2ccc3cccc4ccc1c2c43.c1cc2cccc3c4cccc5cccc(c(c1)c23)c54. The monoisotopic (exact) mass is 470 g/mol. The van der Waals surface area contributed by atoms with E-state index in [1.807, 2.05) is 12.1 Å². The number of carbonyl (C=O) groups excluding carboxylic acids is 1. The van der Waals surface area contributed by atoms with Crippen LogP contribution in [0.1, 0.15) is 16.8 Å². The molecule has 0 saturated carbocycles. The molecule has 0 N–H and O–H groups in total. The number of rotatable bonds is 0. The Hall–Kier alpha value is -4.75. The Morgan fingerprint density at radius 2 is 0.838 bits per heavy atom. The van der Waals surface area contributed by atoms with Crippen molar-refractivity contribution in [3.05, 3.63) is 126 Å². The van der Waals surface area contributed by atoms with E-state index in [9.17, 15) is 4.79 Å². The van der Waals surface area contributed by atoms with Crippen molar-refractivity contribution in [1.29, 1.82) is 0 Å². The van der Waals surface area contributed by atoms with Crippen LogP contribution in [0.4, 0.5) is 0 Å². The zero-order chi connectivity index (χ0) is 24.5. The Morgan fingerprint density at radius 1 is 0.405 bits per heavy atom. The summed E-state index contributed by atoms with van der Waals surface area (Å²) >= 11 is 0. The molecule has 0 spiro atoms. The van der Waals surface area contributed by atoms with E-state index < -0.39 is 0 Å². The van der Waals surface area contributed by atoms with Crippen LogP contribution in [0.5, 0.6) is 0 Å². The molecule has 9 rings (SSSR count). The van der Waals surface area contributed by atoms with E-state index in [0.717, 1.165) is 10.9 Å². The molecule has 1 aliphatic carbocycles. The van der Waals surface area contributed by atoms with Crippen molar-refractivity contribution in [2.24, 2.45) is 0 Å². The third-order valence-electron chi connectivity index (χ3n) is 8.01. The average Bonchev–Trinajstić information content (AvgIpc) is 2.96. The minimum absolute atomic E-state index is 0.232. The van der Waals surface area contributed by atoms with Crippen LogP contribution in [0, 0.1) is 0 Å². The van der Waals surface area contributed by atoms with Crippen LogP contribution < -0.4 is 5.22 Å². The lowest BCUT2D eigenvalue weighted by Gasteiger charge is -2.13. The summed E-state index contributed by atoms with van der Waals surface area (Å²) in [6.45, 7) is 0. The molecule has 0 heterocycles. The van der Waals surface area contributed by atoms with E-state index in [0.29, 0.717) is 6.42 Å². The first kappa shape index (κ1) is 20.4. The average molecular weight is 471 g/mol. The minimum Gasteiger partial charge on any atom is -0.294 e. The summed E-state index contributed by atoms with van der Waals surface area (Å²) in [4.78, 5) is 11.9. The van der Waals surface area contributed by atoms with Gasteiger partial charge in [0.05, 0.1) is 0 Å². The Morgan fingerprint density at radius 3 is 1.35 bits per heavy atom. The fourth-order valence-corrected chi connectivity index (χ4v) is 6.40. The quantitative estimate of drug-likeness (QED) is 0.160. The molecule has 0 saturated heterocycles. The first-order chi connectivity index (χ1) is 18.3. The van der Waals surface area contributed by atoms with Crippen molar-refractivity contribution in [2.45, 2.75) is 6.42 Å². The van der Waals surface area contributed by atoms with Gasteiger partial charge >= 0.3 is 0 Å². The molecule has 0 fully saturated rings. The summed E-state index contributed by atoms with van der Waals surface area (Å²) in [5, 5.41) is 16.9. The fourth-order valence-electron chi connectivity index (χ4n) is 6.40. The lowest BCUT2D eigenvalue weighted by atomic mass is 9.89. The van der Waals surface area contributed by atoms with Crippen molar-refractivity contribution in [3.8, 4) is 0 Å². The molecule has 0 bridgehead atoms. The highest BCUT2D eigenvalue weighted by atomic mass is 16.1. The number of Topliss-reactive ketones (excluding diaryl/α,β-unsaturated/α-hetero) is 1. The molecule has 0 amide bonds. The summed E-state index contributed by atoms with van der Waals surface area (Å²) in [5.41, 5.74) is 0.881. The molecule has 8 aromatic rings. The highest BCUT2D eigenvalue weighted by Gasteiger charge is 2.16. The Balaban J connectivity index is 0.000000118. The molecule has 1 nitrogen and oxygen atoms in total. The molecular formula is C36H22O. The molecule has 0 radical (unpaired) electrons. The lowest BCUT2D eigenvalue weighted by molar-refractivity contribution is 0.1000. The normalized spacial score (nSPS) is 13.0. The summed E-state index contributed by atoms with van der Waals surface area (Å²) in [6, 6.07) is 41.0. The van der Waals surface area contributed by atoms with Crippen LogP contribution in [0.2, 0.25) is 0 Å². The van der Waals surface area contributed by atoms with Gasteiger partial charge in [-0.15, -0.1) is 0 Å². The van der Waals surface area contributed by atoms with Gasteiger partial charge in [0.15, 0.2) is 5.78 Å². The highest BCUT2D eigenvalue weighted by molar-refractivity contribution is 6.32. The predicted molar refractivity (Wildman–Crippen MR) is 158 cm³/mol. The molecule has 37 heavy (non-hydrogen) atoms. The minimum atomic E-state index is 0.232. The number of benzene rings is 8. The molecule has 0 atom stereocenters. The Bertz CT molecular complexity index is 2050. The van der Waals surface area contributed by atoms with Gasteiger partial charge < -0.3 is 0 Å². The molecule has 8 aromatic carbocycles. The largest absolute Gasteiger partial charge is 0.294 e. The van der Waals surface area contributed by atoms with Gasteiger partial charge in [0.1, 0.15) is 0 Å². The number of fused-ring (bicyclic) bond motifs is 2. The second-order valence-electron chi connectivity index (χ2n) is 9.97. The zero-order valence-electron chi connectivity index (χ0n) is 20.2. The van der Waals surface area contributed by atoms with Gasteiger partial charge in [-0.05, 0) is 64.5 Å². The van der Waals surface area contributed by atoms with Gasteiger partial charge in [-0.1, -0.05) is 121 Å². The van der Waals surface area contributed by atoms with Crippen LogP contribution in [0.25, 0.3) is 70.7 Å². The molecule has 172 valence electrons. The van der Waals surface area contributed by atoms with Gasteiger partial charge in [0.2, 0.25) is 0 Å². The topological polar surface area (TPSA) is 17.1 Å². The number of ketones is 1. The fraction of sp³-hybridized carbons (Fsp3) is 0.0278. The molecule has 1 heteroatoms. The maximum absolute atomic E-state index is 11.9. The molecule has 1 aliphatic rings. The first-order valence-corrected chi connectivity index (χ1v) is 12.8. The van der Waals surface area contributed by atoms with Crippen LogP contribution in [0.3, 0.4) is 0 Å². The third-order valence-corrected chi connectivity index (χ3v) is 8.01. The van der Waals surface area contributed by atoms with E-state index in [1.54, 1.807) is 0 Å². The summed E-state index contributed by atoms with van der Waals surface area (Å²) in [5.74, 6) is 0.232. The standard InChI is InChI=1S/C20H12.C16H10O/c1-5-13-6-2-11-17-18-12-4-8-14-7-3-10-16(20(14)18)15(9-1)19(13)17;17-14-9-7-12-5-4-10-2-1-3-11-6-8-13(14)16(12)15(10)11/h1-12H;1-8H,9H2. The van der Waals surface area contributed by atoms with E-state index in [4.69, 9.17) is 0 Å². The van der Waals surface area contributed by atoms with Crippen LogP contribution in [-0.4, -0.2) is 5.78 Å². The smallest absolute Gasteiger partial charge is 0.167 e. The Labute approximate surface area is 213 Å². The molecule has 0 unspecified atom stereocenters. The second kappa shape index (κ2) is 7.62. The van der Waals surface area contributed by atoms with Crippen molar-refractivity contribution in [1.82, 2.24) is 0 Å². The van der Waals surface area contributed by atoms with E-state index in [2.05, 4.69) is 109 Å². The second-order valence-corrected chi connectivity index (χ2v) is 9.97. The molecule has 0 aromatic heterocycles. The molecule has 0 aliphatic heterocycles. The molecular weight excluding hydrogens is 448 g/mol. The van der Waals surface area contributed by atoms with Crippen molar-refractivity contribution in [2.75, 3.05) is 0 Å². The van der Waals surface area contributed by atoms with Crippen molar-refractivity contribution < 1.29 is 4.79 Å². The highest BCUT2D eigenvalue weighted by Crippen LogP contribution is 2.39. The summed E-state index contributed by atoms with van der Waals surface area (Å²) in [6.07, 6.45) is 2.57. The van der Waals surface area contributed by atoms with Gasteiger partial charge in [-0.2, -0.15) is 0 Å². The maximum Gasteiger partial charge on any atom is 0.167 e. The van der Waals surface area contributed by atoms with E-state index >= 15 is 0 Å².